The Bertz CT molecular complexity index is 409. The Kier molecular flexibility index (Phi) is 2.39. The number of rotatable bonds is 1. The van der Waals surface area contributed by atoms with Gasteiger partial charge in [-0.15, -0.1) is 0 Å². The first-order chi connectivity index (χ1) is 7.01. The predicted molar refractivity (Wildman–Crippen MR) is 58.8 cm³/mol. The van der Waals surface area contributed by atoms with Crippen molar-refractivity contribution in [3.05, 3.63) is 34.9 Å². The number of ketones is 1. The molecule has 0 aliphatic heterocycles. The molecule has 2 heteroatoms. The first kappa shape index (κ1) is 10.4. The monoisotopic (exact) mass is 204 g/mol. The van der Waals surface area contributed by atoms with Crippen molar-refractivity contribution in [2.45, 2.75) is 38.7 Å². The summed E-state index contributed by atoms with van der Waals surface area (Å²) in [4.78, 5) is 11.3. The maximum atomic E-state index is 11.3. The number of benzene rings is 1. The smallest absolute Gasteiger partial charge is 0.161 e. The predicted octanol–water partition coefficient (Wildman–Crippen LogP) is 1.80. The Morgan fingerprint density at radius 2 is 2.13 bits per heavy atom. The molecule has 1 aromatic rings. The van der Waals surface area contributed by atoms with Crippen molar-refractivity contribution in [2.24, 2.45) is 0 Å². The molecule has 0 aromatic heterocycles. The minimum Gasteiger partial charge on any atom is -0.382 e. The first-order valence-electron chi connectivity index (χ1n) is 5.33. The highest BCUT2D eigenvalue weighted by Gasteiger charge is 2.36. The van der Waals surface area contributed by atoms with Crippen LogP contribution in [0.5, 0.6) is 0 Å². The van der Waals surface area contributed by atoms with Crippen molar-refractivity contribution in [2.75, 3.05) is 0 Å². The van der Waals surface area contributed by atoms with E-state index in [4.69, 9.17) is 0 Å². The maximum absolute atomic E-state index is 11.3. The van der Waals surface area contributed by atoms with Crippen LogP contribution >= 0.6 is 0 Å². The molecule has 1 N–H and O–H groups in total. The van der Waals surface area contributed by atoms with Crippen molar-refractivity contribution in [3.8, 4) is 0 Å². The Morgan fingerprint density at radius 3 is 2.80 bits per heavy atom. The fraction of sp³-hybridized carbons (Fsp3) is 0.462. The lowest BCUT2D eigenvalue weighted by atomic mass is 9.78. The van der Waals surface area contributed by atoms with Crippen LogP contribution in [0.25, 0.3) is 0 Å². The highest BCUT2D eigenvalue weighted by Crippen LogP contribution is 2.29. The minimum atomic E-state index is -1.12. The third kappa shape index (κ3) is 1.82. The van der Waals surface area contributed by atoms with Crippen LogP contribution in [0.3, 0.4) is 0 Å². The summed E-state index contributed by atoms with van der Waals surface area (Å²) in [6.45, 7) is 3.53. The van der Waals surface area contributed by atoms with E-state index in [0.29, 0.717) is 12.8 Å². The molecule has 15 heavy (non-hydrogen) atoms. The van der Waals surface area contributed by atoms with Crippen molar-refractivity contribution >= 4 is 5.78 Å². The zero-order chi connectivity index (χ0) is 11.1. The lowest BCUT2D eigenvalue weighted by Crippen LogP contribution is -2.42. The highest BCUT2D eigenvalue weighted by molar-refractivity contribution is 5.85. The van der Waals surface area contributed by atoms with Crippen molar-refractivity contribution in [3.63, 3.8) is 0 Å². The molecule has 2 nitrogen and oxygen atoms in total. The zero-order valence-corrected chi connectivity index (χ0v) is 9.21. The average Bonchev–Trinajstić information content (AvgIpc) is 2.18. The molecule has 0 saturated carbocycles. The fourth-order valence-electron chi connectivity index (χ4n) is 2.21. The second kappa shape index (κ2) is 3.46. The molecule has 0 radical (unpaired) electrons. The molecule has 1 aliphatic rings. The Hall–Kier alpha value is -1.15. The molecular formula is C13H16O2. The largest absolute Gasteiger partial charge is 0.382 e. The molecular weight excluding hydrogens is 188 g/mol. The second-order valence-electron chi connectivity index (χ2n) is 4.54. The van der Waals surface area contributed by atoms with Crippen LogP contribution in [0.1, 0.15) is 30.0 Å². The van der Waals surface area contributed by atoms with Crippen molar-refractivity contribution < 1.29 is 9.90 Å². The van der Waals surface area contributed by atoms with Gasteiger partial charge in [0.2, 0.25) is 0 Å². The number of hydrogen-bond acceptors (Lipinski definition) is 2. The van der Waals surface area contributed by atoms with Crippen molar-refractivity contribution in [1.82, 2.24) is 0 Å². The second-order valence-corrected chi connectivity index (χ2v) is 4.54. The number of aryl methyl sites for hydroxylation is 2. The van der Waals surface area contributed by atoms with E-state index >= 15 is 0 Å². The summed E-state index contributed by atoms with van der Waals surface area (Å²) in [7, 11) is 0. The van der Waals surface area contributed by atoms with Gasteiger partial charge in [-0.2, -0.15) is 0 Å². The molecule has 0 saturated heterocycles. The van der Waals surface area contributed by atoms with Gasteiger partial charge in [-0.05, 0) is 37.8 Å². The van der Waals surface area contributed by atoms with Crippen molar-refractivity contribution in [1.29, 1.82) is 0 Å². The molecule has 0 spiro atoms. The van der Waals surface area contributed by atoms with Gasteiger partial charge in [-0.25, -0.2) is 0 Å². The van der Waals surface area contributed by atoms with E-state index in [-0.39, 0.29) is 5.78 Å². The van der Waals surface area contributed by atoms with Crippen LogP contribution in [0.15, 0.2) is 18.2 Å². The van der Waals surface area contributed by atoms with Gasteiger partial charge in [-0.3, -0.25) is 4.79 Å². The van der Waals surface area contributed by atoms with Crippen LogP contribution in [-0.2, 0) is 17.6 Å². The molecule has 0 bridgehead atoms. The normalized spacial score (nSPS) is 24.7. The van der Waals surface area contributed by atoms with Gasteiger partial charge < -0.3 is 5.11 Å². The molecule has 1 aliphatic carbocycles. The molecule has 1 unspecified atom stereocenters. The van der Waals surface area contributed by atoms with E-state index in [9.17, 15) is 9.90 Å². The third-order valence-corrected chi connectivity index (χ3v) is 3.31. The van der Waals surface area contributed by atoms with E-state index in [2.05, 4.69) is 13.0 Å². The minimum absolute atomic E-state index is 0.117. The lowest BCUT2D eigenvalue weighted by Gasteiger charge is -2.31. The zero-order valence-electron chi connectivity index (χ0n) is 9.21. The summed E-state index contributed by atoms with van der Waals surface area (Å²) in [5.74, 6) is -0.117. The molecule has 2 rings (SSSR count). The number of hydrogen-bond donors (Lipinski definition) is 1. The van der Waals surface area contributed by atoms with E-state index in [1.54, 1.807) is 0 Å². The Morgan fingerprint density at radius 1 is 1.40 bits per heavy atom. The summed E-state index contributed by atoms with van der Waals surface area (Å²) in [5.41, 5.74) is 2.51. The maximum Gasteiger partial charge on any atom is 0.161 e. The number of fused-ring (bicyclic) bond motifs is 1. The third-order valence-electron chi connectivity index (χ3n) is 3.31. The number of Topliss-reactive ketones (excluding diaryl/α,β-unsaturated/α-hetero) is 1. The molecule has 1 aromatic carbocycles. The van der Waals surface area contributed by atoms with Crippen LogP contribution in [-0.4, -0.2) is 16.5 Å². The summed E-state index contributed by atoms with van der Waals surface area (Å²) >= 11 is 0. The fourth-order valence-corrected chi connectivity index (χ4v) is 2.21. The molecule has 0 amide bonds. The van der Waals surface area contributed by atoms with Crippen LogP contribution in [0.2, 0.25) is 0 Å². The number of aliphatic hydroxyl groups is 1. The highest BCUT2D eigenvalue weighted by atomic mass is 16.3. The molecule has 0 fully saturated rings. The van der Waals surface area contributed by atoms with Gasteiger partial charge in [0.05, 0.1) is 0 Å². The summed E-state index contributed by atoms with van der Waals surface area (Å²) in [5, 5.41) is 10.1. The Balaban J connectivity index is 2.35. The standard InChI is InChI=1S/C13H16O2/c1-9-3-4-12-8-13(15,10(2)14)6-5-11(12)7-9/h3-4,7,15H,5-6,8H2,1-2H3. The number of carbonyl (C=O) groups excluding carboxylic acids is 1. The number of carbonyl (C=O) groups is 1. The topological polar surface area (TPSA) is 37.3 Å². The summed E-state index contributed by atoms with van der Waals surface area (Å²) in [6, 6.07) is 6.21. The summed E-state index contributed by atoms with van der Waals surface area (Å²) in [6.07, 6.45) is 1.82. The lowest BCUT2D eigenvalue weighted by molar-refractivity contribution is -0.136. The van der Waals surface area contributed by atoms with Crippen LogP contribution in [0, 0.1) is 6.92 Å². The van der Waals surface area contributed by atoms with Gasteiger partial charge >= 0.3 is 0 Å². The van der Waals surface area contributed by atoms with E-state index < -0.39 is 5.60 Å². The molecule has 80 valence electrons. The van der Waals surface area contributed by atoms with Gasteiger partial charge in [0, 0.05) is 6.42 Å². The first-order valence-corrected chi connectivity index (χ1v) is 5.33. The van der Waals surface area contributed by atoms with Crippen LogP contribution in [0.4, 0.5) is 0 Å². The SMILES string of the molecule is CC(=O)C1(O)CCc2cc(C)ccc2C1. The molecule has 0 heterocycles. The van der Waals surface area contributed by atoms with Gasteiger partial charge in [0.15, 0.2) is 5.78 Å². The average molecular weight is 204 g/mol. The van der Waals surface area contributed by atoms with E-state index in [1.165, 1.54) is 18.1 Å². The summed E-state index contributed by atoms with van der Waals surface area (Å²) < 4.78 is 0. The van der Waals surface area contributed by atoms with Gasteiger partial charge in [0.25, 0.3) is 0 Å². The Labute approximate surface area is 89.9 Å². The van der Waals surface area contributed by atoms with Gasteiger partial charge in [-0.1, -0.05) is 23.8 Å². The van der Waals surface area contributed by atoms with E-state index in [0.717, 1.165) is 12.0 Å². The van der Waals surface area contributed by atoms with E-state index in [1.807, 2.05) is 12.1 Å². The van der Waals surface area contributed by atoms with Crippen LogP contribution < -0.4 is 0 Å². The molecule has 1 atom stereocenters. The van der Waals surface area contributed by atoms with Gasteiger partial charge in [0.1, 0.15) is 5.60 Å². The quantitative estimate of drug-likeness (QED) is 0.757.